The number of rotatable bonds is 4. The molecule has 0 spiro atoms. The molecule has 0 heterocycles. The molecule has 0 aliphatic heterocycles. The van der Waals surface area contributed by atoms with E-state index < -0.39 is 5.41 Å². The number of aliphatic hydroxyl groups is 1. The molecule has 88 valence electrons. The molecule has 0 aromatic heterocycles. The van der Waals surface area contributed by atoms with E-state index in [9.17, 15) is 4.79 Å². The van der Waals surface area contributed by atoms with Gasteiger partial charge in [-0.05, 0) is 19.9 Å². The lowest BCUT2D eigenvalue weighted by molar-refractivity contribution is -0.122. The summed E-state index contributed by atoms with van der Waals surface area (Å²) >= 11 is 5.72. The number of carbonyl (C=O) groups excluding carboxylic acids is 1. The molecule has 1 aromatic carbocycles. The van der Waals surface area contributed by atoms with Crippen LogP contribution in [-0.2, 0) is 11.4 Å². The zero-order valence-corrected chi connectivity index (χ0v) is 10.2. The maximum absolute atomic E-state index is 11.9. The Morgan fingerprint density at radius 1 is 1.44 bits per heavy atom. The Morgan fingerprint density at radius 2 is 2.06 bits per heavy atom. The summed E-state index contributed by atoms with van der Waals surface area (Å²) in [5.74, 6) is 0.100. The van der Waals surface area contributed by atoms with Gasteiger partial charge in [0.05, 0.1) is 12.0 Å². The lowest BCUT2D eigenvalue weighted by Gasteiger charge is -2.21. The van der Waals surface area contributed by atoms with Crippen molar-refractivity contribution in [2.24, 2.45) is 5.41 Å². The molecule has 0 fully saturated rings. The Bertz CT molecular complexity index is 377. The van der Waals surface area contributed by atoms with Crippen LogP contribution in [0.3, 0.4) is 0 Å². The molecule has 0 radical (unpaired) electrons. The minimum atomic E-state index is -0.621. The number of carbonyl (C=O) groups is 1. The SMILES string of the molecule is CC(C)(CCl)C(=O)Nc1ccccc1CO. The number of para-hydroxylation sites is 1. The fourth-order valence-corrected chi connectivity index (χ4v) is 1.25. The predicted octanol–water partition coefficient (Wildman–Crippen LogP) is 2.38. The Balaban J connectivity index is 2.85. The van der Waals surface area contributed by atoms with Gasteiger partial charge in [-0.3, -0.25) is 4.79 Å². The van der Waals surface area contributed by atoms with Crippen molar-refractivity contribution in [1.29, 1.82) is 0 Å². The second-order valence-corrected chi connectivity index (χ2v) is 4.55. The third kappa shape index (κ3) is 2.97. The van der Waals surface area contributed by atoms with Gasteiger partial charge in [-0.1, -0.05) is 18.2 Å². The first-order chi connectivity index (χ1) is 7.51. The van der Waals surface area contributed by atoms with Crippen molar-refractivity contribution in [3.05, 3.63) is 29.8 Å². The largest absolute Gasteiger partial charge is 0.392 e. The average molecular weight is 242 g/mol. The van der Waals surface area contributed by atoms with Crippen molar-refractivity contribution in [3.63, 3.8) is 0 Å². The summed E-state index contributed by atoms with van der Waals surface area (Å²) in [6, 6.07) is 7.15. The van der Waals surface area contributed by atoms with Crippen LogP contribution in [-0.4, -0.2) is 16.9 Å². The third-order valence-electron chi connectivity index (χ3n) is 2.38. The number of benzene rings is 1. The summed E-state index contributed by atoms with van der Waals surface area (Å²) in [4.78, 5) is 11.9. The molecule has 4 heteroatoms. The van der Waals surface area contributed by atoms with E-state index in [0.717, 1.165) is 0 Å². The summed E-state index contributed by atoms with van der Waals surface area (Å²) in [6.45, 7) is 3.45. The third-order valence-corrected chi connectivity index (χ3v) is 3.05. The van der Waals surface area contributed by atoms with E-state index in [2.05, 4.69) is 5.32 Å². The topological polar surface area (TPSA) is 49.3 Å². The molecular formula is C12H16ClNO2. The second-order valence-electron chi connectivity index (χ2n) is 4.29. The van der Waals surface area contributed by atoms with Gasteiger partial charge < -0.3 is 10.4 Å². The minimum absolute atomic E-state index is 0.0994. The number of halogens is 1. The highest BCUT2D eigenvalue weighted by atomic mass is 35.5. The molecule has 1 amide bonds. The monoisotopic (exact) mass is 241 g/mol. The first kappa shape index (κ1) is 13.0. The highest BCUT2D eigenvalue weighted by molar-refractivity contribution is 6.20. The minimum Gasteiger partial charge on any atom is -0.392 e. The van der Waals surface area contributed by atoms with Crippen LogP contribution in [0.2, 0.25) is 0 Å². The molecule has 2 N–H and O–H groups in total. The van der Waals surface area contributed by atoms with Crippen LogP contribution in [0, 0.1) is 5.41 Å². The molecular weight excluding hydrogens is 226 g/mol. The number of aliphatic hydroxyl groups excluding tert-OH is 1. The van der Waals surface area contributed by atoms with Gasteiger partial charge in [0.2, 0.25) is 5.91 Å². The number of nitrogens with one attached hydrogen (secondary N) is 1. The van der Waals surface area contributed by atoms with Crippen LogP contribution in [0.4, 0.5) is 5.69 Å². The smallest absolute Gasteiger partial charge is 0.231 e. The number of alkyl halides is 1. The van der Waals surface area contributed by atoms with Crippen molar-refractivity contribution in [3.8, 4) is 0 Å². The molecule has 0 saturated heterocycles. The lowest BCUT2D eigenvalue weighted by Crippen LogP contribution is -2.32. The van der Waals surface area contributed by atoms with Crippen LogP contribution >= 0.6 is 11.6 Å². The van der Waals surface area contributed by atoms with Gasteiger partial charge in [0.15, 0.2) is 0 Å². The van der Waals surface area contributed by atoms with E-state index in [-0.39, 0.29) is 18.4 Å². The number of amides is 1. The van der Waals surface area contributed by atoms with Crippen LogP contribution < -0.4 is 5.32 Å². The van der Waals surface area contributed by atoms with Gasteiger partial charge in [-0.25, -0.2) is 0 Å². The molecule has 16 heavy (non-hydrogen) atoms. The molecule has 0 saturated carbocycles. The first-order valence-electron chi connectivity index (χ1n) is 5.07. The highest BCUT2D eigenvalue weighted by Gasteiger charge is 2.26. The van der Waals surface area contributed by atoms with Crippen LogP contribution in [0.5, 0.6) is 0 Å². The number of anilines is 1. The van der Waals surface area contributed by atoms with Gasteiger partial charge in [-0.2, -0.15) is 0 Å². The van der Waals surface area contributed by atoms with E-state index in [4.69, 9.17) is 16.7 Å². The zero-order chi connectivity index (χ0) is 12.2. The summed E-state index contributed by atoms with van der Waals surface area (Å²) in [5.41, 5.74) is 0.707. The number of hydrogen-bond acceptors (Lipinski definition) is 2. The van der Waals surface area contributed by atoms with Crippen molar-refractivity contribution in [2.75, 3.05) is 11.2 Å². The van der Waals surface area contributed by atoms with Crippen LogP contribution in [0.25, 0.3) is 0 Å². The van der Waals surface area contributed by atoms with Gasteiger partial charge in [0, 0.05) is 17.1 Å². The lowest BCUT2D eigenvalue weighted by atomic mass is 9.95. The zero-order valence-electron chi connectivity index (χ0n) is 9.46. The van der Waals surface area contributed by atoms with Crippen molar-refractivity contribution in [2.45, 2.75) is 20.5 Å². The highest BCUT2D eigenvalue weighted by Crippen LogP contribution is 2.22. The van der Waals surface area contributed by atoms with Gasteiger partial charge in [0.25, 0.3) is 0 Å². The number of hydrogen-bond donors (Lipinski definition) is 2. The Morgan fingerprint density at radius 3 is 2.62 bits per heavy atom. The fourth-order valence-electron chi connectivity index (χ4n) is 1.13. The Kier molecular flexibility index (Phi) is 4.33. The average Bonchev–Trinajstić information content (AvgIpc) is 2.29. The van der Waals surface area contributed by atoms with Crippen molar-refractivity contribution >= 4 is 23.2 Å². The second kappa shape index (κ2) is 5.32. The molecule has 0 atom stereocenters. The standard InChI is InChI=1S/C12H16ClNO2/c1-12(2,8-13)11(16)14-10-6-4-3-5-9(10)7-15/h3-6,15H,7-8H2,1-2H3,(H,14,16). The van der Waals surface area contributed by atoms with Crippen molar-refractivity contribution < 1.29 is 9.90 Å². The first-order valence-corrected chi connectivity index (χ1v) is 5.61. The van der Waals surface area contributed by atoms with Gasteiger partial charge >= 0.3 is 0 Å². The van der Waals surface area contributed by atoms with E-state index in [1.165, 1.54) is 0 Å². The molecule has 0 aliphatic carbocycles. The van der Waals surface area contributed by atoms with E-state index in [1.807, 2.05) is 12.1 Å². The molecule has 3 nitrogen and oxygen atoms in total. The van der Waals surface area contributed by atoms with Crippen LogP contribution in [0.1, 0.15) is 19.4 Å². The van der Waals surface area contributed by atoms with Crippen molar-refractivity contribution in [1.82, 2.24) is 0 Å². The molecule has 0 aliphatic rings. The maximum Gasteiger partial charge on any atom is 0.231 e. The summed E-state index contributed by atoms with van der Waals surface area (Å²) in [6.07, 6.45) is 0. The van der Waals surface area contributed by atoms with Gasteiger partial charge in [-0.15, -0.1) is 11.6 Å². The molecule has 1 rings (SSSR count). The molecule has 0 bridgehead atoms. The van der Waals surface area contributed by atoms with E-state index >= 15 is 0 Å². The van der Waals surface area contributed by atoms with E-state index in [1.54, 1.807) is 26.0 Å². The van der Waals surface area contributed by atoms with Gasteiger partial charge in [0.1, 0.15) is 0 Å². The Labute approximate surface area is 100 Å². The summed E-state index contributed by atoms with van der Waals surface area (Å²) < 4.78 is 0. The van der Waals surface area contributed by atoms with Crippen LogP contribution in [0.15, 0.2) is 24.3 Å². The normalized spacial score (nSPS) is 11.2. The predicted molar refractivity (Wildman–Crippen MR) is 65.5 cm³/mol. The molecule has 1 aromatic rings. The quantitative estimate of drug-likeness (QED) is 0.796. The van der Waals surface area contributed by atoms with E-state index in [0.29, 0.717) is 11.3 Å². The summed E-state index contributed by atoms with van der Waals surface area (Å²) in [7, 11) is 0. The Hall–Kier alpha value is -1.06. The maximum atomic E-state index is 11.9. The fraction of sp³-hybridized carbons (Fsp3) is 0.417. The molecule has 0 unspecified atom stereocenters. The summed E-state index contributed by atoms with van der Waals surface area (Å²) in [5, 5.41) is 11.9.